The van der Waals surface area contributed by atoms with Crippen molar-refractivity contribution in [2.24, 2.45) is 5.73 Å². The lowest BCUT2D eigenvalue weighted by Gasteiger charge is -2.16. The highest BCUT2D eigenvalue weighted by molar-refractivity contribution is 6.30. The van der Waals surface area contributed by atoms with Gasteiger partial charge in [-0.2, -0.15) is 0 Å². The largest absolute Gasteiger partial charge is 0.492 e. The van der Waals surface area contributed by atoms with Gasteiger partial charge in [-0.25, -0.2) is 0 Å². The number of hydrogen-bond donors (Lipinski definition) is 2. The molecular weight excluding hydrogens is 350 g/mol. The van der Waals surface area contributed by atoms with Crippen LogP contribution in [0.25, 0.3) is 0 Å². The maximum absolute atomic E-state index is 12.1. The predicted octanol–water partition coefficient (Wildman–Crippen LogP) is 2.26. The first-order valence-corrected chi connectivity index (χ1v) is 9.17. The van der Waals surface area contributed by atoms with E-state index in [1.807, 2.05) is 18.2 Å². The molecule has 3 N–H and O–H groups in total. The van der Waals surface area contributed by atoms with Gasteiger partial charge in [0.1, 0.15) is 12.4 Å². The Hall–Kier alpha value is -2.08. The summed E-state index contributed by atoms with van der Waals surface area (Å²) in [5.41, 5.74) is 7.51. The number of carbonyl (C=O) groups is 1. The van der Waals surface area contributed by atoms with Crippen LogP contribution in [-0.4, -0.2) is 49.6 Å². The minimum Gasteiger partial charge on any atom is -0.492 e. The first-order valence-electron chi connectivity index (χ1n) is 8.80. The number of benzene rings is 2. The quantitative estimate of drug-likeness (QED) is 0.730. The third-order valence-corrected chi connectivity index (χ3v) is 4.79. The molecule has 1 saturated heterocycles. The van der Waals surface area contributed by atoms with Gasteiger partial charge in [0, 0.05) is 30.1 Å². The zero-order valence-electron chi connectivity index (χ0n) is 14.6. The second-order valence-electron chi connectivity index (χ2n) is 6.53. The molecule has 138 valence electrons. The SMILES string of the molecule is N[C@@H]1CN(CC(=O)NCCOc2ccc(Cl)cc2)C[C@H]1c1ccccc1. The summed E-state index contributed by atoms with van der Waals surface area (Å²) in [7, 11) is 0. The molecule has 0 aromatic heterocycles. The highest BCUT2D eigenvalue weighted by atomic mass is 35.5. The number of nitrogens with zero attached hydrogens (tertiary/aromatic N) is 1. The van der Waals surface area contributed by atoms with Crippen molar-refractivity contribution < 1.29 is 9.53 Å². The van der Waals surface area contributed by atoms with Crippen LogP contribution in [0.2, 0.25) is 5.02 Å². The van der Waals surface area contributed by atoms with Crippen molar-refractivity contribution in [1.29, 1.82) is 0 Å². The lowest BCUT2D eigenvalue weighted by atomic mass is 9.95. The third kappa shape index (κ3) is 5.21. The van der Waals surface area contributed by atoms with Gasteiger partial charge in [0.2, 0.25) is 5.91 Å². The zero-order chi connectivity index (χ0) is 18.4. The van der Waals surface area contributed by atoms with Crippen molar-refractivity contribution in [3.05, 3.63) is 65.2 Å². The Bertz CT molecular complexity index is 709. The molecule has 2 aromatic carbocycles. The summed E-state index contributed by atoms with van der Waals surface area (Å²) in [4.78, 5) is 14.2. The molecule has 6 heteroatoms. The molecule has 1 amide bonds. The Morgan fingerprint density at radius 2 is 1.88 bits per heavy atom. The standard InChI is InChI=1S/C20H24ClN3O2/c21-16-6-8-17(9-7-16)26-11-10-23-20(25)14-24-12-18(19(22)13-24)15-4-2-1-3-5-15/h1-9,18-19H,10-14,22H2,(H,23,25)/t18-,19+/m0/s1. The smallest absolute Gasteiger partial charge is 0.234 e. The zero-order valence-corrected chi connectivity index (χ0v) is 15.4. The van der Waals surface area contributed by atoms with Crippen LogP contribution in [0.15, 0.2) is 54.6 Å². The van der Waals surface area contributed by atoms with Crippen LogP contribution in [0, 0.1) is 0 Å². The Balaban J connectivity index is 1.38. The maximum atomic E-state index is 12.1. The summed E-state index contributed by atoms with van der Waals surface area (Å²) in [6, 6.07) is 17.5. The van der Waals surface area contributed by atoms with Gasteiger partial charge in [-0.1, -0.05) is 41.9 Å². The highest BCUT2D eigenvalue weighted by Gasteiger charge is 2.31. The van der Waals surface area contributed by atoms with E-state index in [9.17, 15) is 4.79 Å². The van der Waals surface area contributed by atoms with E-state index in [2.05, 4.69) is 22.3 Å². The molecule has 1 aliphatic heterocycles. The van der Waals surface area contributed by atoms with Crippen molar-refractivity contribution in [2.45, 2.75) is 12.0 Å². The van der Waals surface area contributed by atoms with E-state index in [4.69, 9.17) is 22.1 Å². The third-order valence-electron chi connectivity index (χ3n) is 4.54. The van der Waals surface area contributed by atoms with Crippen molar-refractivity contribution in [2.75, 3.05) is 32.8 Å². The van der Waals surface area contributed by atoms with Gasteiger partial charge >= 0.3 is 0 Å². The van der Waals surface area contributed by atoms with Crippen LogP contribution in [0.1, 0.15) is 11.5 Å². The predicted molar refractivity (Wildman–Crippen MR) is 104 cm³/mol. The molecule has 0 radical (unpaired) electrons. The number of rotatable bonds is 7. The van der Waals surface area contributed by atoms with Crippen LogP contribution in [0.3, 0.4) is 0 Å². The van der Waals surface area contributed by atoms with Gasteiger partial charge in [-0.15, -0.1) is 0 Å². The average molecular weight is 374 g/mol. The summed E-state index contributed by atoms with van der Waals surface area (Å²) in [6.07, 6.45) is 0. The second kappa shape index (κ2) is 9.03. The Morgan fingerprint density at radius 1 is 1.15 bits per heavy atom. The molecule has 0 aliphatic carbocycles. The summed E-state index contributed by atoms with van der Waals surface area (Å²) < 4.78 is 5.57. The molecule has 2 atom stereocenters. The number of nitrogens with two attached hydrogens (primary N) is 1. The highest BCUT2D eigenvalue weighted by Crippen LogP contribution is 2.25. The normalized spacial score (nSPS) is 20.1. The van der Waals surface area contributed by atoms with E-state index < -0.39 is 0 Å². The van der Waals surface area contributed by atoms with Crippen molar-refractivity contribution in [3.63, 3.8) is 0 Å². The van der Waals surface area contributed by atoms with E-state index >= 15 is 0 Å². The van der Waals surface area contributed by atoms with Crippen molar-refractivity contribution >= 4 is 17.5 Å². The van der Waals surface area contributed by atoms with Gasteiger partial charge in [0.25, 0.3) is 0 Å². The number of likely N-dealkylation sites (tertiary alicyclic amines) is 1. The van der Waals surface area contributed by atoms with Crippen LogP contribution >= 0.6 is 11.6 Å². The molecule has 2 aromatic rings. The first kappa shape index (κ1) is 18.7. The Kier molecular flexibility index (Phi) is 6.50. The fourth-order valence-corrected chi connectivity index (χ4v) is 3.37. The number of nitrogens with one attached hydrogen (secondary N) is 1. The van der Waals surface area contributed by atoms with E-state index in [1.165, 1.54) is 5.56 Å². The van der Waals surface area contributed by atoms with Gasteiger partial charge < -0.3 is 15.8 Å². The van der Waals surface area contributed by atoms with Crippen LogP contribution in [0.4, 0.5) is 0 Å². The molecule has 26 heavy (non-hydrogen) atoms. The number of hydrogen-bond acceptors (Lipinski definition) is 4. The first-order chi connectivity index (χ1) is 12.6. The lowest BCUT2D eigenvalue weighted by Crippen LogP contribution is -2.38. The number of amides is 1. The average Bonchev–Trinajstić information content (AvgIpc) is 3.01. The van der Waals surface area contributed by atoms with Gasteiger partial charge in [0.15, 0.2) is 0 Å². The van der Waals surface area contributed by atoms with Crippen LogP contribution in [-0.2, 0) is 4.79 Å². The molecule has 0 spiro atoms. The lowest BCUT2D eigenvalue weighted by molar-refractivity contribution is -0.122. The van der Waals surface area contributed by atoms with Gasteiger partial charge in [-0.3, -0.25) is 9.69 Å². The number of ether oxygens (including phenoxy) is 1. The summed E-state index contributed by atoms with van der Waals surface area (Å²) in [5, 5.41) is 3.56. The molecule has 0 bridgehead atoms. The fourth-order valence-electron chi connectivity index (χ4n) is 3.24. The Morgan fingerprint density at radius 3 is 2.62 bits per heavy atom. The molecule has 0 saturated carbocycles. The van der Waals surface area contributed by atoms with Crippen molar-refractivity contribution in [1.82, 2.24) is 10.2 Å². The topological polar surface area (TPSA) is 67.6 Å². The number of halogens is 1. The molecule has 1 heterocycles. The van der Waals surface area contributed by atoms with Crippen LogP contribution < -0.4 is 15.8 Å². The monoisotopic (exact) mass is 373 g/mol. The van der Waals surface area contributed by atoms with Crippen LogP contribution in [0.5, 0.6) is 5.75 Å². The van der Waals surface area contributed by atoms with E-state index in [1.54, 1.807) is 24.3 Å². The molecule has 0 unspecified atom stereocenters. The maximum Gasteiger partial charge on any atom is 0.234 e. The van der Waals surface area contributed by atoms with E-state index in [-0.39, 0.29) is 17.9 Å². The molecule has 5 nitrogen and oxygen atoms in total. The van der Waals surface area contributed by atoms with Gasteiger partial charge in [-0.05, 0) is 29.8 Å². The molecular formula is C20H24ClN3O2. The minimum absolute atomic E-state index is 0.00869. The molecule has 3 rings (SSSR count). The summed E-state index contributed by atoms with van der Waals surface area (Å²) in [5.74, 6) is 1.00. The molecule has 1 aliphatic rings. The van der Waals surface area contributed by atoms with Crippen molar-refractivity contribution in [3.8, 4) is 5.75 Å². The number of carbonyl (C=O) groups excluding carboxylic acids is 1. The minimum atomic E-state index is -0.00869. The molecule has 1 fully saturated rings. The Labute approximate surface area is 159 Å². The van der Waals surface area contributed by atoms with E-state index in [0.717, 1.165) is 18.8 Å². The summed E-state index contributed by atoms with van der Waals surface area (Å²) in [6.45, 7) is 2.77. The van der Waals surface area contributed by atoms with E-state index in [0.29, 0.717) is 24.7 Å². The fraction of sp³-hybridized carbons (Fsp3) is 0.350. The van der Waals surface area contributed by atoms with Gasteiger partial charge in [0.05, 0.1) is 13.1 Å². The summed E-state index contributed by atoms with van der Waals surface area (Å²) >= 11 is 5.83. The second-order valence-corrected chi connectivity index (χ2v) is 6.96.